The van der Waals surface area contributed by atoms with Crippen LogP contribution in [-0.2, 0) is 0 Å². The quantitative estimate of drug-likeness (QED) is 0.531. The second kappa shape index (κ2) is 5.83. The van der Waals surface area contributed by atoms with Gasteiger partial charge in [-0.1, -0.05) is 0 Å². The van der Waals surface area contributed by atoms with Crippen molar-refractivity contribution < 1.29 is 18.3 Å². The van der Waals surface area contributed by atoms with E-state index >= 15 is 0 Å². The lowest BCUT2D eigenvalue weighted by Crippen LogP contribution is -2.03. The van der Waals surface area contributed by atoms with E-state index in [-0.39, 0.29) is 5.75 Å². The van der Waals surface area contributed by atoms with Gasteiger partial charge in [0.25, 0.3) is 0 Å². The molecule has 0 bridgehead atoms. The predicted octanol–water partition coefficient (Wildman–Crippen LogP) is 3.70. The highest BCUT2D eigenvalue weighted by Crippen LogP contribution is 2.26. The molecule has 0 saturated heterocycles. The Bertz CT molecular complexity index is 1200. The highest BCUT2D eigenvalue weighted by Gasteiger charge is 2.09. The Morgan fingerprint density at radius 2 is 1.44 bits per heavy atom. The average molecular weight is 336 g/mol. The molecule has 0 unspecified atom stereocenters. The summed E-state index contributed by atoms with van der Waals surface area (Å²) in [7, 11) is 1.54. The first-order valence-corrected chi connectivity index (χ1v) is 7.46. The molecule has 4 aromatic rings. The van der Waals surface area contributed by atoms with Crippen molar-refractivity contribution >= 4 is 21.9 Å². The Kier molecular flexibility index (Phi) is 3.50. The molecule has 6 heteroatoms. The Morgan fingerprint density at radius 3 is 2.28 bits per heavy atom. The van der Waals surface area contributed by atoms with Crippen molar-refractivity contribution in [3.8, 4) is 17.2 Å². The van der Waals surface area contributed by atoms with Gasteiger partial charge in [-0.3, -0.25) is 0 Å². The zero-order valence-electron chi connectivity index (χ0n) is 13.1. The summed E-state index contributed by atoms with van der Waals surface area (Å²) in [5.41, 5.74) is -0.291. The van der Waals surface area contributed by atoms with Gasteiger partial charge in [0.05, 0.1) is 7.11 Å². The monoisotopic (exact) mass is 336 g/mol. The maximum Gasteiger partial charge on any atom is 0.379 e. The number of hydrogen-bond donors (Lipinski definition) is 0. The van der Waals surface area contributed by atoms with Crippen molar-refractivity contribution in [1.82, 2.24) is 0 Å². The van der Waals surface area contributed by atoms with Crippen LogP contribution in [0, 0.1) is 0 Å². The minimum atomic E-state index is -0.615. The summed E-state index contributed by atoms with van der Waals surface area (Å²) >= 11 is 0. The summed E-state index contributed by atoms with van der Waals surface area (Å²) in [5.74, 6) is 0.992. The van der Waals surface area contributed by atoms with Crippen molar-refractivity contribution in [1.29, 1.82) is 0 Å². The van der Waals surface area contributed by atoms with Crippen molar-refractivity contribution in [3.05, 3.63) is 75.4 Å². The summed E-state index contributed by atoms with van der Waals surface area (Å²) < 4.78 is 21.1. The lowest BCUT2D eigenvalue weighted by molar-refractivity contribution is 0.412. The molecule has 2 heterocycles. The summed E-state index contributed by atoms with van der Waals surface area (Å²) in [6, 6.07) is 14.7. The summed E-state index contributed by atoms with van der Waals surface area (Å²) in [5, 5.41) is 1.45. The number of fused-ring (bicyclic) bond motifs is 2. The fraction of sp³-hybridized carbons (Fsp3) is 0.0526. The van der Waals surface area contributed by atoms with Crippen LogP contribution in [0.1, 0.15) is 0 Å². The van der Waals surface area contributed by atoms with E-state index in [0.29, 0.717) is 28.1 Å². The first-order valence-electron chi connectivity index (χ1n) is 7.46. The van der Waals surface area contributed by atoms with E-state index < -0.39 is 11.3 Å². The third kappa shape index (κ3) is 2.85. The van der Waals surface area contributed by atoms with E-state index in [9.17, 15) is 9.59 Å². The van der Waals surface area contributed by atoms with Gasteiger partial charge < -0.3 is 18.3 Å². The van der Waals surface area contributed by atoms with E-state index in [2.05, 4.69) is 0 Å². The molecule has 25 heavy (non-hydrogen) atoms. The summed E-state index contributed by atoms with van der Waals surface area (Å²) in [6.07, 6.45) is 0. The number of hydrogen-bond acceptors (Lipinski definition) is 6. The molecule has 6 nitrogen and oxygen atoms in total. The average Bonchev–Trinajstić information content (AvgIpc) is 2.61. The van der Waals surface area contributed by atoms with Crippen LogP contribution in [0.2, 0.25) is 0 Å². The lowest BCUT2D eigenvalue weighted by Gasteiger charge is -2.07. The molecule has 0 N–H and O–H groups in total. The Hall–Kier alpha value is -3.54. The van der Waals surface area contributed by atoms with Crippen LogP contribution in [0.25, 0.3) is 21.9 Å². The molecular weight excluding hydrogens is 324 g/mol. The minimum Gasteiger partial charge on any atom is -0.497 e. The Labute approximate surface area is 140 Å². The Balaban J connectivity index is 1.76. The van der Waals surface area contributed by atoms with Gasteiger partial charge in [-0.05, 0) is 36.4 Å². The van der Waals surface area contributed by atoms with Gasteiger partial charge in [0.1, 0.15) is 22.7 Å². The van der Waals surface area contributed by atoms with Crippen LogP contribution in [0.5, 0.6) is 17.2 Å². The second-order valence-corrected chi connectivity index (χ2v) is 5.36. The maximum absolute atomic E-state index is 12.1. The van der Waals surface area contributed by atoms with Crippen LogP contribution in [0.15, 0.2) is 73.0 Å². The number of methoxy groups -OCH3 is 1. The lowest BCUT2D eigenvalue weighted by atomic mass is 10.2. The highest BCUT2D eigenvalue weighted by molar-refractivity contribution is 5.80. The van der Waals surface area contributed by atoms with Crippen molar-refractivity contribution in [2.75, 3.05) is 7.11 Å². The molecule has 2 aromatic carbocycles. The van der Waals surface area contributed by atoms with Crippen LogP contribution in [0.3, 0.4) is 0 Å². The normalized spacial score (nSPS) is 10.9. The molecule has 4 rings (SSSR count). The van der Waals surface area contributed by atoms with Crippen molar-refractivity contribution in [3.63, 3.8) is 0 Å². The fourth-order valence-electron chi connectivity index (χ4n) is 2.50. The summed E-state index contributed by atoms with van der Waals surface area (Å²) in [4.78, 5) is 23.5. The topological polar surface area (TPSA) is 78.9 Å². The van der Waals surface area contributed by atoms with E-state index in [0.717, 1.165) is 5.39 Å². The fourth-order valence-corrected chi connectivity index (χ4v) is 2.50. The van der Waals surface area contributed by atoms with Gasteiger partial charge in [0.2, 0.25) is 5.75 Å². The molecule has 124 valence electrons. The maximum atomic E-state index is 12.1. The van der Waals surface area contributed by atoms with Crippen LogP contribution in [0.4, 0.5) is 0 Å². The van der Waals surface area contributed by atoms with Gasteiger partial charge in [-0.25, -0.2) is 9.59 Å². The number of ether oxygens (including phenoxy) is 2. The molecule has 0 saturated carbocycles. The van der Waals surface area contributed by atoms with Gasteiger partial charge in [-0.15, -0.1) is 0 Å². The smallest absolute Gasteiger partial charge is 0.379 e. The van der Waals surface area contributed by atoms with Crippen LogP contribution in [-0.4, -0.2) is 7.11 Å². The molecule has 0 radical (unpaired) electrons. The zero-order valence-corrected chi connectivity index (χ0v) is 13.1. The number of benzene rings is 2. The van der Waals surface area contributed by atoms with E-state index in [1.165, 1.54) is 13.2 Å². The van der Waals surface area contributed by atoms with Crippen molar-refractivity contribution in [2.24, 2.45) is 0 Å². The SMILES string of the molecule is COc1ccc2cc(Oc3ccc4ccc(=O)oc4c3)c(=O)oc2c1. The van der Waals surface area contributed by atoms with Gasteiger partial charge in [0, 0.05) is 29.0 Å². The zero-order chi connectivity index (χ0) is 17.4. The molecule has 0 fully saturated rings. The molecular formula is C19H12O6. The van der Waals surface area contributed by atoms with Crippen molar-refractivity contribution in [2.45, 2.75) is 0 Å². The molecule has 2 aromatic heterocycles. The molecule has 0 aliphatic heterocycles. The Morgan fingerprint density at radius 1 is 0.760 bits per heavy atom. The molecule has 0 amide bonds. The van der Waals surface area contributed by atoms with Crippen LogP contribution >= 0.6 is 0 Å². The first kappa shape index (κ1) is 15.0. The third-order valence-electron chi connectivity index (χ3n) is 3.73. The molecule has 0 aliphatic carbocycles. The van der Waals surface area contributed by atoms with Gasteiger partial charge >= 0.3 is 11.3 Å². The van der Waals surface area contributed by atoms with Gasteiger partial charge in [0.15, 0.2) is 0 Å². The molecule has 0 atom stereocenters. The second-order valence-electron chi connectivity index (χ2n) is 5.36. The third-order valence-corrected chi connectivity index (χ3v) is 3.73. The van der Waals surface area contributed by atoms with E-state index in [4.69, 9.17) is 18.3 Å². The molecule has 0 spiro atoms. The minimum absolute atomic E-state index is 0.0373. The van der Waals surface area contributed by atoms with E-state index in [1.807, 2.05) is 0 Å². The van der Waals surface area contributed by atoms with E-state index in [1.54, 1.807) is 48.5 Å². The predicted molar refractivity (Wildman–Crippen MR) is 91.6 cm³/mol. The molecule has 0 aliphatic rings. The highest BCUT2D eigenvalue weighted by atomic mass is 16.5. The van der Waals surface area contributed by atoms with Gasteiger partial charge in [-0.2, -0.15) is 0 Å². The largest absolute Gasteiger partial charge is 0.497 e. The number of rotatable bonds is 3. The first-order chi connectivity index (χ1) is 12.1. The standard InChI is InChI=1S/C19H12O6/c1-22-13-5-3-12-8-17(19(21)25-16(12)9-13)23-14-6-2-11-4-7-18(20)24-15(11)10-14/h2-10H,1H3. The van der Waals surface area contributed by atoms with Crippen LogP contribution < -0.4 is 20.7 Å². The summed E-state index contributed by atoms with van der Waals surface area (Å²) in [6.45, 7) is 0.